The molecule has 0 bridgehead atoms. The van der Waals surface area contributed by atoms with E-state index in [1.165, 1.54) is 0 Å². The molecule has 0 aliphatic rings. The molecule has 0 aliphatic heterocycles. The van der Waals surface area contributed by atoms with E-state index < -0.39 is 0 Å². The number of hydrogen-bond donors (Lipinski definition) is 2. The lowest BCUT2D eigenvalue weighted by Gasteiger charge is -2.08. The smallest absolute Gasteiger partial charge is 0.229 e. The number of ether oxygens (including phenoxy) is 1. The van der Waals surface area contributed by atoms with Crippen molar-refractivity contribution < 1.29 is 4.74 Å². The van der Waals surface area contributed by atoms with Crippen molar-refractivity contribution in [3.8, 4) is 0 Å². The van der Waals surface area contributed by atoms with Gasteiger partial charge >= 0.3 is 0 Å². The molecule has 1 rings (SSSR count). The molecule has 1 aromatic heterocycles. The van der Waals surface area contributed by atoms with Crippen LogP contribution in [0.25, 0.3) is 0 Å². The number of aromatic nitrogens is 2. The summed E-state index contributed by atoms with van der Waals surface area (Å²) in [5.41, 5.74) is 0.896. The fourth-order valence-corrected chi connectivity index (χ4v) is 1.11. The van der Waals surface area contributed by atoms with Gasteiger partial charge in [0.1, 0.15) is 0 Å². The number of hydrogen-bond acceptors (Lipinski definition) is 4. The minimum absolute atomic E-state index is 0.498. The van der Waals surface area contributed by atoms with Crippen molar-refractivity contribution in [1.29, 1.82) is 0 Å². The van der Waals surface area contributed by atoms with Gasteiger partial charge in [0.15, 0.2) is 5.11 Å². The highest BCUT2D eigenvalue weighted by atomic mass is 32.1. The predicted octanol–water partition coefficient (Wildman–Crippen LogP) is 0.718. The lowest BCUT2D eigenvalue weighted by molar-refractivity contribution is 0.204. The molecular weight excluding hydrogens is 212 g/mol. The number of aryl methyl sites for hydroxylation is 1. The van der Waals surface area contributed by atoms with Gasteiger partial charge in [-0.1, -0.05) is 0 Å². The fourth-order valence-electron chi connectivity index (χ4n) is 0.922. The summed E-state index contributed by atoms with van der Waals surface area (Å²) >= 11 is 5.03. The summed E-state index contributed by atoms with van der Waals surface area (Å²) in [7, 11) is 1.64. The number of anilines is 1. The molecule has 0 saturated heterocycles. The zero-order valence-corrected chi connectivity index (χ0v) is 9.60. The van der Waals surface area contributed by atoms with Crippen LogP contribution >= 0.6 is 12.2 Å². The molecule has 1 aromatic rings. The highest BCUT2D eigenvalue weighted by Gasteiger charge is 1.98. The van der Waals surface area contributed by atoms with Crippen LogP contribution in [0.2, 0.25) is 0 Å². The summed E-state index contributed by atoms with van der Waals surface area (Å²) in [6, 6.07) is 1.83. The lowest BCUT2D eigenvalue weighted by atomic mass is 10.5. The van der Waals surface area contributed by atoms with Crippen molar-refractivity contribution in [3.05, 3.63) is 18.0 Å². The SMILES string of the molecule is COCCNC(=S)Nc1nccc(C)n1. The third kappa shape index (κ3) is 4.66. The second kappa shape index (κ2) is 6.26. The lowest BCUT2D eigenvalue weighted by Crippen LogP contribution is -2.31. The molecule has 2 N–H and O–H groups in total. The normalized spacial score (nSPS) is 9.73. The first-order valence-electron chi connectivity index (χ1n) is 4.56. The Labute approximate surface area is 94.3 Å². The monoisotopic (exact) mass is 226 g/mol. The maximum atomic E-state index is 5.03. The van der Waals surface area contributed by atoms with Crippen molar-refractivity contribution in [2.45, 2.75) is 6.92 Å². The Kier molecular flexibility index (Phi) is 4.92. The van der Waals surface area contributed by atoms with Gasteiger partial charge in [0, 0.05) is 25.5 Å². The predicted molar refractivity (Wildman–Crippen MR) is 62.9 cm³/mol. The summed E-state index contributed by atoms with van der Waals surface area (Å²) in [4.78, 5) is 8.19. The molecule has 0 unspecified atom stereocenters. The van der Waals surface area contributed by atoms with Gasteiger partial charge in [-0.2, -0.15) is 0 Å². The number of nitrogens with one attached hydrogen (secondary N) is 2. The van der Waals surface area contributed by atoms with Crippen LogP contribution in [0.3, 0.4) is 0 Å². The van der Waals surface area contributed by atoms with Gasteiger partial charge in [-0.3, -0.25) is 0 Å². The molecule has 82 valence electrons. The van der Waals surface area contributed by atoms with E-state index in [0.717, 1.165) is 5.69 Å². The van der Waals surface area contributed by atoms with Crippen molar-refractivity contribution in [3.63, 3.8) is 0 Å². The molecule has 0 aromatic carbocycles. The molecule has 0 atom stereocenters. The highest BCUT2D eigenvalue weighted by Crippen LogP contribution is 1.98. The summed E-state index contributed by atoms with van der Waals surface area (Å²) < 4.78 is 4.88. The maximum absolute atomic E-state index is 5.03. The first kappa shape index (κ1) is 11.8. The van der Waals surface area contributed by atoms with Crippen molar-refractivity contribution in [2.24, 2.45) is 0 Å². The van der Waals surface area contributed by atoms with Gasteiger partial charge in [0.2, 0.25) is 5.95 Å². The number of rotatable bonds is 4. The van der Waals surface area contributed by atoms with Crippen molar-refractivity contribution >= 4 is 23.3 Å². The van der Waals surface area contributed by atoms with Crippen molar-refractivity contribution in [2.75, 3.05) is 25.6 Å². The maximum Gasteiger partial charge on any atom is 0.229 e. The van der Waals surface area contributed by atoms with E-state index in [4.69, 9.17) is 17.0 Å². The molecule has 15 heavy (non-hydrogen) atoms. The number of thiocarbonyl (C=S) groups is 1. The van der Waals surface area contributed by atoms with Crippen LogP contribution in [0.5, 0.6) is 0 Å². The molecule has 0 saturated carbocycles. The first-order valence-corrected chi connectivity index (χ1v) is 4.96. The second-order valence-corrected chi connectivity index (χ2v) is 3.30. The molecule has 1 heterocycles. The Morgan fingerprint density at radius 3 is 3.07 bits per heavy atom. The van der Waals surface area contributed by atoms with Crippen LogP contribution in [0.1, 0.15) is 5.69 Å². The largest absolute Gasteiger partial charge is 0.383 e. The first-order chi connectivity index (χ1) is 7.22. The molecule has 5 nitrogen and oxygen atoms in total. The Balaban J connectivity index is 2.37. The quantitative estimate of drug-likeness (QED) is 0.583. The molecule has 6 heteroatoms. The van der Waals surface area contributed by atoms with E-state index in [1.807, 2.05) is 13.0 Å². The van der Waals surface area contributed by atoms with E-state index in [1.54, 1.807) is 13.3 Å². The summed E-state index contributed by atoms with van der Waals surface area (Å²) in [5.74, 6) is 0.505. The van der Waals surface area contributed by atoms with Gasteiger partial charge in [-0.05, 0) is 25.2 Å². The standard InChI is InChI=1S/C9H14N4OS/c1-7-3-4-10-8(12-7)13-9(15)11-5-6-14-2/h3-4H,5-6H2,1-2H3,(H2,10,11,12,13,15). The molecule has 0 spiro atoms. The van der Waals surface area contributed by atoms with Gasteiger partial charge in [0.25, 0.3) is 0 Å². The molecule has 0 aliphatic carbocycles. The van der Waals surface area contributed by atoms with E-state index in [0.29, 0.717) is 24.2 Å². The van der Waals surface area contributed by atoms with Gasteiger partial charge in [0.05, 0.1) is 6.61 Å². The number of methoxy groups -OCH3 is 1. The second-order valence-electron chi connectivity index (χ2n) is 2.90. The van der Waals surface area contributed by atoms with Crippen LogP contribution < -0.4 is 10.6 Å². The van der Waals surface area contributed by atoms with Gasteiger partial charge in [-0.15, -0.1) is 0 Å². The molecule has 0 radical (unpaired) electrons. The van der Waals surface area contributed by atoms with E-state index in [9.17, 15) is 0 Å². The summed E-state index contributed by atoms with van der Waals surface area (Å²) in [6.45, 7) is 3.17. The van der Waals surface area contributed by atoms with Crippen molar-refractivity contribution in [1.82, 2.24) is 15.3 Å². The van der Waals surface area contributed by atoms with Crippen LogP contribution in [-0.4, -0.2) is 35.3 Å². The average Bonchev–Trinajstić information content (AvgIpc) is 2.18. The minimum atomic E-state index is 0.498. The Bertz CT molecular complexity index is 332. The number of nitrogens with zero attached hydrogens (tertiary/aromatic N) is 2. The molecule has 0 fully saturated rings. The Morgan fingerprint density at radius 1 is 1.60 bits per heavy atom. The van der Waals surface area contributed by atoms with Gasteiger partial charge < -0.3 is 15.4 Å². The highest BCUT2D eigenvalue weighted by molar-refractivity contribution is 7.80. The van der Waals surface area contributed by atoms with Crippen LogP contribution in [-0.2, 0) is 4.74 Å². The van der Waals surface area contributed by atoms with E-state index in [2.05, 4.69) is 20.6 Å². The minimum Gasteiger partial charge on any atom is -0.383 e. The third-order valence-electron chi connectivity index (χ3n) is 1.61. The third-order valence-corrected chi connectivity index (χ3v) is 1.86. The fraction of sp³-hybridized carbons (Fsp3) is 0.444. The molecule has 0 amide bonds. The summed E-state index contributed by atoms with van der Waals surface area (Å²) in [6.07, 6.45) is 1.68. The van der Waals surface area contributed by atoms with Crippen LogP contribution in [0, 0.1) is 6.92 Å². The zero-order chi connectivity index (χ0) is 11.1. The van der Waals surface area contributed by atoms with E-state index >= 15 is 0 Å². The van der Waals surface area contributed by atoms with Crippen LogP contribution in [0.15, 0.2) is 12.3 Å². The zero-order valence-electron chi connectivity index (χ0n) is 8.78. The topological polar surface area (TPSA) is 59.1 Å². The molecular formula is C9H14N4OS. The average molecular weight is 226 g/mol. The van der Waals surface area contributed by atoms with Crippen LogP contribution in [0.4, 0.5) is 5.95 Å². The Morgan fingerprint density at radius 2 is 2.40 bits per heavy atom. The van der Waals surface area contributed by atoms with E-state index in [-0.39, 0.29) is 0 Å². The van der Waals surface area contributed by atoms with Gasteiger partial charge in [-0.25, -0.2) is 9.97 Å². The summed E-state index contributed by atoms with van der Waals surface area (Å²) in [5, 5.41) is 6.35. The Hall–Kier alpha value is -1.27.